The fraction of sp³-hybridized carbons (Fsp3) is 0.200. The molecular formula is C15H16BrClN2O. The number of nitrogens with one attached hydrogen (secondary N) is 1. The van der Waals surface area contributed by atoms with E-state index in [1.54, 1.807) is 7.11 Å². The summed E-state index contributed by atoms with van der Waals surface area (Å²) < 4.78 is 6.14. The molecule has 2 aromatic carbocycles. The maximum Gasteiger partial charge on any atom is 0.133 e. The summed E-state index contributed by atoms with van der Waals surface area (Å²) in [6.45, 7) is 0. The van der Waals surface area contributed by atoms with E-state index < -0.39 is 0 Å². The summed E-state index contributed by atoms with van der Waals surface area (Å²) in [6, 6.07) is 13.7. The summed E-state index contributed by atoms with van der Waals surface area (Å²) in [4.78, 5) is 0. The van der Waals surface area contributed by atoms with E-state index in [9.17, 15) is 0 Å². The van der Waals surface area contributed by atoms with E-state index in [1.165, 1.54) is 0 Å². The predicted octanol–water partition coefficient (Wildman–Crippen LogP) is 3.86. The lowest BCUT2D eigenvalue weighted by Crippen LogP contribution is -2.29. The smallest absolute Gasteiger partial charge is 0.133 e. The van der Waals surface area contributed by atoms with Crippen LogP contribution in [0.5, 0.6) is 5.75 Å². The molecule has 1 atom stereocenters. The lowest BCUT2D eigenvalue weighted by atomic mass is 9.99. The van der Waals surface area contributed by atoms with Crippen molar-refractivity contribution >= 4 is 27.5 Å². The second-order valence-corrected chi connectivity index (χ2v) is 5.74. The Morgan fingerprint density at radius 3 is 2.70 bits per heavy atom. The van der Waals surface area contributed by atoms with Crippen LogP contribution < -0.4 is 16.0 Å². The first-order chi connectivity index (χ1) is 9.63. The van der Waals surface area contributed by atoms with E-state index in [2.05, 4.69) is 21.4 Å². The maximum atomic E-state index is 6.01. The number of nitrogens with two attached hydrogens (primary N) is 1. The van der Waals surface area contributed by atoms with Crippen molar-refractivity contribution in [1.82, 2.24) is 5.43 Å². The fourth-order valence-electron chi connectivity index (χ4n) is 2.07. The van der Waals surface area contributed by atoms with Gasteiger partial charge in [0.1, 0.15) is 5.75 Å². The summed E-state index contributed by atoms with van der Waals surface area (Å²) in [6.07, 6.45) is 0.760. The zero-order valence-corrected chi connectivity index (χ0v) is 13.4. The number of hydrogen-bond acceptors (Lipinski definition) is 3. The standard InChI is InChI=1S/C15H16BrClN2O/c1-20-15-6-5-11(9-13(15)16)14(19-18)8-10-3-2-4-12(17)7-10/h2-7,9,14,19H,8,18H2,1H3. The van der Waals surface area contributed by atoms with Crippen LogP contribution in [-0.2, 0) is 6.42 Å². The van der Waals surface area contributed by atoms with Crippen LogP contribution in [0.2, 0.25) is 5.02 Å². The van der Waals surface area contributed by atoms with Crippen molar-refractivity contribution in [2.24, 2.45) is 5.84 Å². The Labute approximate surface area is 132 Å². The highest BCUT2D eigenvalue weighted by molar-refractivity contribution is 9.10. The van der Waals surface area contributed by atoms with Gasteiger partial charge in [0, 0.05) is 5.02 Å². The number of hydrogen-bond donors (Lipinski definition) is 2. The van der Waals surface area contributed by atoms with E-state index in [0.29, 0.717) is 0 Å². The van der Waals surface area contributed by atoms with Gasteiger partial charge < -0.3 is 4.74 Å². The van der Waals surface area contributed by atoms with Crippen molar-refractivity contribution in [1.29, 1.82) is 0 Å². The molecule has 1 unspecified atom stereocenters. The molecule has 20 heavy (non-hydrogen) atoms. The quantitative estimate of drug-likeness (QED) is 0.632. The van der Waals surface area contributed by atoms with Crippen molar-refractivity contribution in [3.8, 4) is 5.75 Å². The van der Waals surface area contributed by atoms with E-state index in [4.69, 9.17) is 22.2 Å². The van der Waals surface area contributed by atoms with Crippen LogP contribution in [-0.4, -0.2) is 7.11 Å². The summed E-state index contributed by atoms with van der Waals surface area (Å²) in [5.41, 5.74) is 5.06. The van der Waals surface area contributed by atoms with Gasteiger partial charge in [-0.05, 0) is 57.7 Å². The molecule has 106 valence electrons. The molecule has 3 nitrogen and oxygen atoms in total. The highest BCUT2D eigenvalue weighted by Crippen LogP contribution is 2.29. The van der Waals surface area contributed by atoms with Crippen LogP contribution >= 0.6 is 27.5 Å². The molecular weight excluding hydrogens is 340 g/mol. The number of hydrazine groups is 1. The minimum atomic E-state index is 0.00988. The molecule has 0 radical (unpaired) electrons. The molecule has 0 saturated carbocycles. The second-order valence-electron chi connectivity index (χ2n) is 4.45. The van der Waals surface area contributed by atoms with E-state index in [1.807, 2.05) is 42.5 Å². The average Bonchev–Trinajstić information content (AvgIpc) is 2.44. The van der Waals surface area contributed by atoms with Gasteiger partial charge >= 0.3 is 0 Å². The highest BCUT2D eigenvalue weighted by Gasteiger charge is 2.12. The Balaban J connectivity index is 2.22. The highest BCUT2D eigenvalue weighted by atomic mass is 79.9. The number of ether oxygens (including phenoxy) is 1. The summed E-state index contributed by atoms with van der Waals surface area (Å²) in [7, 11) is 1.64. The Morgan fingerprint density at radius 2 is 2.10 bits per heavy atom. The Kier molecular flexibility index (Phi) is 5.43. The van der Waals surface area contributed by atoms with Crippen LogP contribution in [0, 0.1) is 0 Å². The molecule has 0 bridgehead atoms. The topological polar surface area (TPSA) is 47.3 Å². The normalized spacial score (nSPS) is 12.2. The van der Waals surface area contributed by atoms with Gasteiger partial charge in [0.15, 0.2) is 0 Å². The van der Waals surface area contributed by atoms with Crippen molar-refractivity contribution in [3.05, 3.63) is 63.1 Å². The lowest BCUT2D eigenvalue weighted by Gasteiger charge is -2.17. The third-order valence-corrected chi connectivity index (χ3v) is 3.96. The van der Waals surface area contributed by atoms with Crippen LogP contribution in [0.15, 0.2) is 46.9 Å². The monoisotopic (exact) mass is 354 g/mol. The van der Waals surface area contributed by atoms with Gasteiger partial charge in [0.25, 0.3) is 0 Å². The Bertz CT molecular complexity index is 592. The Morgan fingerprint density at radius 1 is 1.30 bits per heavy atom. The molecule has 0 aliphatic heterocycles. The molecule has 0 aliphatic carbocycles. The maximum absolute atomic E-state index is 6.01. The minimum Gasteiger partial charge on any atom is -0.496 e. The van der Waals surface area contributed by atoms with Crippen molar-refractivity contribution in [2.45, 2.75) is 12.5 Å². The van der Waals surface area contributed by atoms with E-state index >= 15 is 0 Å². The molecule has 0 spiro atoms. The average molecular weight is 356 g/mol. The molecule has 0 amide bonds. The number of benzene rings is 2. The van der Waals surface area contributed by atoms with E-state index in [-0.39, 0.29) is 6.04 Å². The van der Waals surface area contributed by atoms with Gasteiger partial charge in [-0.15, -0.1) is 0 Å². The molecule has 0 aliphatic rings. The summed E-state index contributed by atoms with van der Waals surface area (Å²) in [5.74, 6) is 6.48. The zero-order valence-electron chi connectivity index (χ0n) is 11.1. The van der Waals surface area contributed by atoms with Crippen LogP contribution in [0.25, 0.3) is 0 Å². The van der Waals surface area contributed by atoms with Crippen LogP contribution in [0.1, 0.15) is 17.2 Å². The molecule has 5 heteroatoms. The lowest BCUT2D eigenvalue weighted by molar-refractivity contribution is 0.411. The van der Waals surface area contributed by atoms with E-state index in [0.717, 1.165) is 32.8 Å². The van der Waals surface area contributed by atoms with Crippen LogP contribution in [0.3, 0.4) is 0 Å². The molecule has 2 rings (SSSR count). The molecule has 0 saturated heterocycles. The fourth-order valence-corrected chi connectivity index (χ4v) is 2.84. The molecule has 3 N–H and O–H groups in total. The van der Waals surface area contributed by atoms with Gasteiger partial charge in [-0.3, -0.25) is 11.3 Å². The number of rotatable bonds is 5. The van der Waals surface area contributed by atoms with Crippen molar-refractivity contribution < 1.29 is 4.74 Å². The van der Waals surface area contributed by atoms with Gasteiger partial charge in [-0.1, -0.05) is 29.8 Å². The molecule has 0 aromatic heterocycles. The summed E-state index contributed by atoms with van der Waals surface area (Å²) >= 11 is 9.49. The van der Waals surface area contributed by atoms with Crippen LogP contribution in [0.4, 0.5) is 0 Å². The summed E-state index contributed by atoms with van der Waals surface area (Å²) in [5, 5.41) is 0.731. The van der Waals surface area contributed by atoms with Gasteiger partial charge in [-0.25, -0.2) is 0 Å². The third-order valence-electron chi connectivity index (χ3n) is 3.11. The van der Waals surface area contributed by atoms with Gasteiger partial charge in [0.05, 0.1) is 17.6 Å². The largest absolute Gasteiger partial charge is 0.496 e. The first-order valence-electron chi connectivity index (χ1n) is 6.18. The first kappa shape index (κ1) is 15.3. The van der Waals surface area contributed by atoms with Gasteiger partial charge in [-0.2, -0.15) is 0 Å². The number of halogens is 2. The Hall–Kier alpha value is -1.07. The minimum absolute atomic E-state index is 0.00988. The molecule has 0 heterocycles. The second kappa shape index (κ2) is 7.09. The van der Waals surface area contributed by atoms with Gasteiger partial charge in [0.2, 0.25) is 0 Å². The predicted molar refractivity (Wildman–Crippen MR) is 85.9 cm³/mol. The molecule has 0 fully saturated rings. The SMILES string of the molecule is COc1ccc(C(Cc2cccc(Cl)c2)NN)cc1Br. The number of methoxy groups -OCH3 is 1. The zero-order chi connectivity index (χ0) is 14.5. The molecule has 2 aromatic rings. The third kappa shape index (κ3) is 3.73. The van der Waals surface area contributed by atoms with Crippen molar-refractivity contribution in [3.63, 3.8) is 0 Å². The van der Waals surface area contributed by atoms with Crippen molar-refractivity contribution in [2.75, 3.05) is 7.11 Å². The first-order valence-corrected chi connectivity index (χ1v) is 7.35.